The van der Waals surface area contributed by atoms with E-state index in [9.17, 15) is 8.42 Å². The van der Waals surface area contributed by atoms with Crippen LogP contribution in [0.15, 0.2) is 59.9 Å². The van der Waals surface area contributed by atoms with Gasteiger partial charge in [-0.25, -0.2) is 28.5 Å². The summed E-state index contributed by atoms with van der Waals surface area (Å²) in [6.45, 7) is 1.29. The van der Waals surface area contributed by atoms with E-state index in [1.54, 1.807) is 36.5 Å². The number of halogens is 1. The van der Waals surface area contributed by atoms with Gasteiger partial charge in [0, 0.05) is 35.7 Å². The normalized spacial score (nSPS) is 14.9. The number of primary sulfonamides is 1. The third-order valence-electron chi connectivity index (χ3n) is 5.51. The molecule has 174 valence electrons. The molecule has 4 heterocycles. The summed E-state index contributed by atoms with van der Waals surface area (Å²) < 4.78 is 35.7. The minimum Gasteiger partial charge on any atom is -0.473 e. The molecule has 5 rings (SSSR count). The molecule has 0 unspecified atom stereocenters. The van der Waals surface area contributed by atoms with Gasteiger partial charge in [0.05, 0.1) is 29.3 Å². The number of fused-ring (bicyclic) bond motifs is 1. The molecule has 34 heavy (non-hydrogen) atoms. The third kappa shape index (κ3) is 4.58. The van der Waals surface area contributed by atoms with E-state index in [-0.39, 0.29) is 16.2 Å². The summed E-state index contributed by atoms with van der Waals surface area (Å²) in [7, 11) is -3.97. The first-order valence-corrected chi connectivity index (χ1v) is 12.5. The summed E-state index contributed by atoms with van der Waals surface area (Å²) in [5.41, 5.74) is 3.16. The number of aromatic nitrogens is 4. The Morgan fingerprint density at radius 2 is 1.82 bits per heavy atom. The maximum atomic E-state index is 12.1. The first-order chi connectivity index (χ1) is 16.4. The Morgan fingerprint density at radius 3 is 2.62 bits per heavy atom. The Labute approximate surface area is 201 Å². The average molecular weight is 498 g/mol. The lowest BCUT2D eigenvalue weighted by Crippen LogP contribution is -2.26. The van der Waals surface area contributed by atoms with Crippen LogP contribution in [-0.4, -0.2) is 47.7 Å². The van der Waals surface area contributed by atoms with Crippen LogP contribution in [-0.2, 0) is 14.8 Å². The molecule has 1 fully saturated rings. The van der Waals surface area contributed by atoms with E-state index in [1.165, 1.54) is 12.4 Å². The van der Waals surface area contributed by atoms with Gasteiger partial charge in [-0.05, 0) is 24.3 Å². The molecular formula is C23H20ClN5O4S. The Balaban J connectivity index is 1.58. The summed E-state index contributed by atoms with van der Waals surface area (Å²) in [5, 5.41) is 5.56. The number of hydrogen-bond acceptors (Lipinski definition) is 8. The van der Waals surface area contributed by atoms with Gasteiger partial charge in [-0.15, -0.1) is 0 Å². The molecule has 0 radical (unpaired) electrons. The maximum Gasteiger partial charge on any atom is 0.244 e. The van der Waals surface area contributed by atoms with E-state index in [4.69, 9.17) is 31.2 Å². The van der Waals surface area contributed by atoms with Crippen molar-refractivity contribution >= 4 is 32.7 Å². The second-order valence-electron chi connectivity index (χ2n) is 7.78. The predicted octanol–water partition coefficient (Wildman–Crippen LogP) is 3.61. The lowest BCUT2D eigenvalue weighted by Gasteiger charge is -2.22. The van der Waals surface area contributed by atoms with Crippen LogP contribution >= 0.6 is 11.6 Å². The van der Waals surface area contributed by atoms with Crippen LogP contribution in [0.3, 0.4) is 0 Å². The molecule has 4 aromatic rings. The standard InChI is InChI=1S/C23H20ClN5O4S/c24-22-17(16-3-1-2-4-20(16)34(25,30)31)11-14(12-26-22)18-5-6-19-21(29-18)23(28-13-27-19)33-15-7-9-32-10-8-15/h1-6,11-13,15H,7-10H2,(H2,25,30,31). The molecule has 11 heteroatoms. The van der Waals surface area contributed by atoms with Crippen molar-refractivity contribution in [2.45, 2.75) is 23.8 Å². The number of ether oxygens (including phenoxy) is 2. The number of benzene rings is 1. The van der Waals surface area contributed by atoms with E-state index >= 15 is 0 Å². The van der Waals surface area contributed by atoms with E-state index in [2.05, 4.69) is 15.0 Å². The van der Waals surface area contributed by atoms with Crippen molar-refractivity contribution in [1.82, 2.24) is 19.9 Å². The quantitative estimate of drug-likeness (QED) is 0.414. The zero-order chi connectivity index (χ0) is 23.7. The van der Waals surface area contributed by atoms with Crippen LogP contribution in [0, 0.1) is 0 Å². The summed E-state index contributed by atoms with van der Waals surface area (Å²) in [5.74, 6) is 0.403. The maximum absolute atomic E-state index is 12.1. The molecule has 0 bridgehead atoms. The van der Waals surface area contributed by atoms with Gasteiger partial charge in [0.15, 0.2) is 5.52 Å². The van der Waals surface area contributed by atoms with Gasteiger partial charge in [-0.2, -0.15) is 4.98 Å². The van der Waals surface area contributed by atoms with Gasteiger partial charge >= 0.3 is 0 Å². The molecule has 1 saturated heterocycles. The molecule has 0 aliphatic carbocycles. The molecular weight excluding hydrogens is 478 g/mol. The number of nitrogens with zero attached hydrogens (tertiary/aromatic N) is 4. The zero-order valence-electron chi connectivity index (χ0n) is 17.9. The fourth-order valence-electron chi connectivity index (χ4n) is 3.83. The highest BCUT2D eigenvalue weighted by Crippen LogP contribution is 2.34. The number of hydrogen-bond donors (Lipinski definition) is 1. The fourth-order valence-corrected chi connectivity index (χ4v) is 4.79. The Bertz CT molecular complexity index is 1480. The SMILES string of the molecule is NS(=O)(=O)c1ccccc1-c1cc(-c2ccc3ncnc(OC4CCOCC4)c3n2)cnc1Cl. The second-order valence-corrected chi connectivity index (χ2v) is 9.66. The van der Waals surface area contributed by atoms with E-state index < -0.39 is 10.0 Å². The molecule has 9 nitrogen and oxygen atoms in total. The molecule has 0 spiro atoms. The van der Waals surface area contributed by atoms with E-state index in [0.717, 1.165) is 12.8 Å². The fraction of sp³-hybridized carbons (Fsp3) is 0.217. The van der Waals surface area contributed by atoms with Gasteiger partial charge < -0.3 is 9.47 Å². The van der Waals surface area contributed by atoms with Gasteiger partial charge in [0.25, 0.3) is 0 Å². The largest absolute Gasteiger partial charge is 0.473 e. The van der Waals surface area contributed by atoms with Crippen molar-refractivity contribution in [1.29, 1.82) is 0 Å². The smallest absolute Gasteiger partial charge is 0.244 e. The minimum absolute atomic E-state index is 0.00387. The Kier molecular flexibility index (Phi) is 6.13. The Hall–Kier alpha value is -3.18. The van der Waals surface area contributed by atoms with Crippen molar-refractivity contribution in [2.75, 3.05) is 13.2 Å². The van der Waals surface area contributed by atoms with Gasteiger partial charge in [-0.1, -0.05) is 29.8 Å². The average Bonchev–Trinajstić information content (AvgIpc) is 2.84. The van der Waals surface area contributed by atoms with Crippen molar-refractivity contribution in [2.24, 2.45) is 5.14 Å². The number of rotatable bonds is 5. The van der Waals surface area contributed by atoms with Crippen LogP contribution in [0.25, 0.3) is 33.4 Å². The summed E-state index contributed by atoms with van der Waals surface area (Å²) in [6.07, 6.45) is 4.57. The molecule has 2 N–H and O–H groups in total. The summed E-state index contributed by atoms with van der Waals surface area (Å²) in [6, 6.07) is 11.7. The predicted molar refractivity (Wildman–Crippen MR) is 127 cm³/mol. The van der Waals surface area contributed by atoms with E-state index in [1.807, 2.05) is 6.07 Å². The van der Waals surface area contributed by atoms with Gasteiger partial charge in [-0.3, -0.25) is 0 Å². The summed E-state index contributed by atoms with van der Waals surface area (Å²) >= 11 is 6.35. The van der Waals surface area contributed by atoms with Crippen molar-refractivity contribution in [3.63, 3.8) is 0 Å². The molecule has 3 aromatic heterocycles. The molecule has 1 aromatic carbocycles. The molecule has 1 aliphatic rings. The van der Waals surface area contributed by atoms with Crippen molar-refractivity contribution in [3.8, 4) is 28.3 Å². The monoisotopic (exact) mass is 497 g/mol. The highest BCUT2D eigenvalue weighted by atomic mass is 35.5. The van der Waals surface area contributed by atoms with Crippen LogP contribution in [0.1, 0.15) is 12.8 Å². The molecule has 1 aliphatic heterocycles. The number of sulfonamides is 1. The second kappa shape index (κ2) is 9.22. The first kappa shape index (κ1) is 22.6. The van der Waals surface area contributed by atoms with Crippen LogP contribution in [0.2, 0.25) is 5.15 Å². The number of pyridine rings is 2. The third-order valence-corrected chi connectivity index (χ3v) is 6.78. The van der Waals surface area contributed by atoms with Gasteiger partial charge in [0.1, 0.15) is 17.6 Å². The van der Waals surface area contributed by atoms with E-state index in [0.29, 0.717) is 52.5 Å². The van der Waals surface area contributed by atoms with Crippen molar-refractivity contribution in [3.05, 3.63) is 60.1 Å². The zero-order valence-corrected chi connectivity index (χ0v) is 19.5. The van der Waals surface area contributed by atoms with Gasteiger partial charge in [0.2, 0.25) is 15.9 Å². The topological polar surface area (TPSA) is 130 Å². The highest BCUT2D eigenvalue weighted by molar-refractivity contribution is 7.89. The first-order valence-electron chi connectivity index (χ1n) is 10.5. The highest BCUT2D eigenvalue weighted by Gasteiger charge is 2.20. The lowest BCUT2D eigenvalue weighted by molar-refractivity contribution is 0.0243. The number of nitrogens with two attached hydrogens (primary N) is 1. The molecule has 0 amide bonds. The van der Waals surface area contributed by atoms with Crippen LogP contribution in [0.4, 0.5) is 0 Å². The minimum atomic E-state index is -3.97. The lowest BCUT2D eigenvalue weighted by atomic mass is 10.0. The van der Waals surface area contributed by atoms with Crippen LogP contribution in [0.5, 0.6) is 5.88 Å². The van der Waals surface area contributed by atoms with Crippen LogP contribution < -0.4 is 9.88 Å². The summed E-state index contributed by atoms with van der Waals surface area (Å²) in [4.78, 5) is 17.6. The molecule has 0 saturated carbocycles. The van der Waals surface area contributed by atoms with Crippen molar-refractivity contribution < 1.29 is 17.9 Å². The Morgan fingerprint density at radius 1 is 1.03 bits per heavy atom. The molecule has 0 atom stereocenters.